The van der Waals surface area contributed by atoms with Gasteiger partial charge in [-0.05, 0) is 56.5 Å². The van der Waals surface area contributed by atoms with Gasteiger partial charge < -0.3 is 25.1 Å². The van der Waals surface area contributed by atoms with Crippen molar-refractivity contribution in [2.24, 2.45) is 0 Å². The number of nitro groups is 1. The standard InChI is InChI=1S/C29H36N4O7/c1-5-6-10-24(27(35)39-18-19-12-14-21(15-13-19)33(37)38)31-26(34)25(32-28(36)40-29(2,3)4)16-20-17-30-23-11-8-7-9-22(20)23/h7-9,11-15,17,24-25,30H,5-6,10,16,18H2,1-4H3,(H,31,34)(H,32,36)/t24-,25-/m1/s1. The molecule has 0 unspecified atom stereocenters. The maximum atomic E-state index is 13.5. The zero-order valence-electron chi connectivity index (χ0n) is 23.2. The van der Waals surface area contributed by atoms with Crippen LogP contribution in [0.4, 0.5) is 10.5 Å². The number of esters is 1. The molecular weight excluding hydrogens is 516 g/mol. The molecule has 0 saturated heterocycles. The average molecular weight is 553 g/mol. The first-order valence-corrected chi connectivity index (χ1v) is 13.2. The van der Waals surface area contributed by atoms with Crippen LogP contribution in [0.15, 0.2) is 54.7 Å². The molecule has 1 heterocycles. The summed E-state index contributed by atoms with van der Waals surface area (Å²) in [4.78, 5) is 52.6. The molecule has 0 saturated carbocycles. The predicted octanol–water partition coefficient (Wildman–Crippen LogP) is 4.93. The zero-order chi connectivity index (χ0) is 29.3. The van der Waals surface area contributed by atoms with Crippen molar-refractivity contribution in [2.45, 2.75) is 77.7 Å². The average Bonchev–Trinajstić information content (AvgIpc) is 3.31. The van der Waals surface area contributed by atoms with E-state index in [1.165, 1.54) is 24.3 Å². The van der Waals surface area contributed by atoms with Crippen LogP contribution in [0.1, 0.15) is 58.1 Å². The highest BCUT2D eigenvalue weighted by atomic mass is 16.6. The topological polar surface area (TPSA) is 153 Å². The van der Waals surface area contributed by atoms with E-state index in [0.717, 1.165) is 22.9 Å². The van der Waals surface area contributed by atoms with Gasteiger partial charge in [-0.2, -0.15) is 0 Å². The molecular formula is C29H36N4O7. The first kappa shape index (κ1) is 30.1. The lowest BCUT2D eigenvalue weighted by Crippen LogP contribution is -2.53. The lowest BCUT2D eigenvalue weighted by Gasteiger charge is -2.25. The Morgan fingerprint density at radius 3 is 2.38 bits per heavy atom. The first-order valence-electron chi connectivity index (χ1n) is 13.2. The number of unbranched alkanes of at least 4 members (excludes halogenated alkanes) is 1. The van der Waals surface area contributed by atoms with Gasteiger partial charge in [0, 0.05) is 35.7 Å². The summed E-state index contributed by atoms with van der Waals surface area (Å²) in [5.74, 6) is -1.19. The monoisotopic (exact) mass is 552 g/mol. The number of benzene rings is 2. The third-order valence-corrected chi connectivity index (χ3v) is 6.08. The Morgan fingerprint density at radius 2 is 1.73 bits per heavy atom. The highest BCUT2D eigenvalue weighted by Crippen LogP contribution is 2.20. The number of non-ortho nitro benzene ring substituents is 1. The molecule has 1 aromatic heterocycles. The molecule has 3 N–H and O–H groups in total. The normalized spacial score (nSPS) is 12.8. The zero-order valence-corrected chi connectivity index (χ0v) is 23.2. The predicted molar refractivity (Wildman–Crippen MR) is 150 cm³/mol. The van der Waals surface area contributed by atoms with Crippen LogP contribution >= 0.6 is 0 Å². The SMILES string of the molecule is CCCC[C@@H](NC(=O)[C@@H](Cc1c[nH]c2ccccc12)NC(=O)OC(C)(C)C)C(=O)OCc1ccc([N+](=O)[O-])cc1. The van der Waals surface area contributed by atoms with Crippen molar-refractivity contribution >= 4 is 34.6 Å². The van der Waals surface area contributed by atoms with Crippen LogP contribution in [-0.4, -0.2) is 45.6 Å². The van der Waals surface area contributed by atoms with Gasteiger partial charge >= 0.3 is 12.1 Å². The third-order valence-electron chi connectivity index (χ3n) is 6.08. The van der Waals surface area contributed by atoms with E-state index in [0.29, 0.717) is 18.4 Å². The molecule has 0 aliphatic rings. The highest BCUT2D eigenvalue weighted by molar-refractivity contribution is 5.91. The smallest absolute Gasteiger partial charge is 0.408 e. The van der Waals surface area contributed by atoms with E-state index in [2.05, 4.69) is 15.6 Å². The van der Waals surface area contributed by atoms with Gasteiger partial charge in [-0.1, -0.05) is 38.0 Å². The summed E-state index contributed by atoms with van der Waals surface area (Å²) in [5, 5.41) is 17.2. The van der Waals surface area contributed by atoms with Gasteiger partial charge in [-0.3, -0.25) is 14.9 Å². The molecule has 0 aliphatic heterocycles. The fourth-order valence-corrected chi connectivity index (χ4v) is 4.08. The van der Waals surface area contributed by atoms with Crippen molar-refractivity contribution in [2.75, 3.05) is 0 Å². The molecule has 2 atom stereocenters. The number of alkyl carbamates (subject to hydrolysis) is 1. The molecule has 0 bridgehead atoms. The van der Waals surface area contributed by atoms with Gasteiger partial charge in [-0.15, -0.1) is 0 Å². The van der Waals surface area contributed by atoms with Crippen LogP contribution < -0.4 is 10.6 Å². The van der Waals surface area contributed by atoms with E-state index in [-0.39, 0.29) is 18.7 Å². The molecule has 11 heteroatoms. The van der Waals surface area contributed by atoms with Crippen LogP contribution in [-0.2, 0) is 32.1 Å². The second-order valence-electron chi connectivity index (χ2n) is 10.5. The molecule has 3 rings (SSSR count). The Kier molecular flexibility index (Phi) is 10.2. The molecule has 3 aromatic rings. The molecule has 40 heavy (non-hydrogen) atoms. The Bertz CT molecular complexity index is 1330. The lowest BCUT2D eigenvalue weighted by atomic mass is 10.0. The van der Waals surface area contributed by atoms with Gasteiger partial charge in [0.25, 0.3) is 5.69 Å². The number of hydrogen-bond donors (Lipinski definition) is 3. The van der Waals surface area contributed by atoms with Crippen LogP contribution in [0.2, 0.25) is 0 Å². The first-order chi connectivity index (χ1) is 19.0. The van der Waals surface area contributed by atoms with Gasteiger partial charge in [-0.25, -0.2) is 9.59 Å². The van der Waals surface area contributed by atoms with Gasteiger partial charge in [0.15, 0.2) is 0 Å². The lowest BCUT2D eigenvalue weighted by molar-refractivity contribution is -0.384. The highest BCUT2D eigenvalue weighted by Gasteiger charge is 2.30. The minimum Gasteiger partial charge on any atom is -0.459 e. The Morgan fingerprint density at radius 1 is 1.02 bits per heavy atom. The summed E-state index contributed by atoms with van der Waals surface area (Å²) in [5.41, 5.74) is 1.45. The number of aromatic nitrogens is 1. The summed E-state index contributed by atoms with van der Waals surface area (Å²) in [6.45, 7) is 7.03. The van der Waals surface area contributed by atoms with E-state index in [1.807, 2.05) is 31.2 Å². The summed E-state index contributed by atoms with van der Waals surface area (Å²) >= 11 is 0. The quantitative estimate of drug-likeness (QED) is 0.164. The Hall–Kier alpha value is -4.41. The molecule has 2 amide bonds. The van der Waals surface area contributed by atoms with Crippen molar-refractivity contribution in [1.29, 1.82) is 0 Å². The second-order valence-corrected chi connectivity index (χ2v) is 10.5. The number of rotatable bonds is 12. The third kappa shape index (κ3) is 8.82. The van der Waals surface area contributed by atoms with E-state index in [1.54, 1.807) is 27.0 Å². The number of para-hydroxylation sites is 1. The molecule has 11 nitrogen and oxygen atoms in total. The summed E-state index contributed by atoms with van der Waals surface area (Å²) in [6, 6.07) is 11.3. The number of nitrogens with zero attached hydrogens (tertiary/aromatic N) is 1. The number of amides is 2. The Labute approximate surface area is 232 Å². The number of nitrogens with one attached hydrogen (secondary N) is 3. The minimum atomic E-state index is -1.03. The van der Waals surface area contributed by atoms with Crippen LogP contribution in [0.25, 0.3) is 10.9 Å². The van der Waals surface area contributed by atoms with Crippen LogP contribution in [0.5, 0.6) is 0 Å². The summed E-state index contributed by atoms with van der Waals surface area (Å²) < 4.78 is 10.8. The summed E-state index contributed by atoms with van der Waals surface area (Å²) in [7, 11) is 0. The van der Waals surface area contributed by atoms with Crippen molar-refractivity contribution < 1.29 is 28.8 Å². The number of aromatic amines is 1. The molecule has 2 aromatic carbocycles. The number of carbonyl (C=O) groups excluding carboxylic acids is 3. The molecule has 0 spiro atoms. The number of nitro benzene ring substituents is 1. The maximum absolute atomic E-state index is 13.5. The number of carbonyl (C=O) groups is 3. The van der Waals surface area contributed by atoms with E-state index >= 15 is 0 Å². The second kappa shape index (κ2) is 13.6. The number of ether oxygens (including phenoxy) is 2. The largest absolute Gasteiger partial charge is 0.459 e. The number of fused-ring (bicyclic) bond motifs is 1. The van der Waals surface area contributed by atoms with Crippen molar-refractivity contribution in [1.82, 2.24) is 15.6 Å². The maximum Gasteiger partial charge on any atom is 0.408 e. The van der Waals surface area contributed by atoms with Crippen molar-refractivity contribution in [3.63, 3.8) is 0 Å². The van der Waals surface area contributed by atoms with Gasteiger partial charge in [0.05, 0.1) is 4.92 Å². The molecule has 214 valence electrons. The van der Waals surface area contributed by atoms with E-state index < -0.39 is 40.6 Å². The van der Waals surface area contributed by atoms with Crippen LogP contribution in [0, 0.1) is 10.1 Å². The molecule has 0 aliphatic carbocycles. The fourth-order valence-electron chi connectivity index (χ4n) is 4.08. The number of H-pyrrole nitrogens is 1. The molecule has 0 fully saturated rings. The van der Waals surface area contributed by atoms with Gasteiger partial charge in [0.1, 0.15) is 24.3 Å². The fraction of sp³-hybridized carbons (Fsp3) is 0.414. The molecule has 0 radical (unpaired) electrons. The van der Waals surface area contributed by atoms with Crippen molar-refractivity contribution in [3.05, 3.63) is 76.0 Å². The van der Waals surface area contributed by atoms with Gasteiger partial charge in [0.2, 0.25) is 5.91 Å². The number of hydrogen-bond acceptors (Lipinski definition) is 7. The summed E-state index contributed by atoms with van der Waals surface area (Å²) in [6.07, 6.45) is 2.98. The van der Waals surface area contributed by atoms with E-state index in [9.17, 15) is 24.5 Å². The van der Waals surface area contributed by atoms with Crippen LogP contribution in [0.3, 0.4) is 0 Å². The van der Waals surface area contributed by atoms with E-state index in [4.69, 9.17) is 9.47 Å². The Balaban J connectivity index is 1.75. The minimum absolute atomic E-state index is 0.0677. The van der Waals surface area contributed by atoms with Crippen molar-refractivity contribution in [3.8, 4) is 0 Å².